The number of benzene rings is 1. The molecule has 0 bridgehead atoms. The molecule has 0 saturated heterocycles. The Labute approximate surface area is 137 Å². The van der Waals surface area contributed by atoms with Crippen LogP contribution in [0.4, 0.5) is 11.5 Å². The SMILES string of the molecule is C[C@@H]1CCc2[nH+]c(N)c(C#N)c(-c3ccc(N(C)C)cc3)c2C1. The average molecular weight is 307 g/mol. The van der Waals surface area contributed by atoms with E-state index in [1.54, 1.807) is 0 Å². The summed E-state index contributed by atoms with van der Waals surface area (Å²) in [4.78, 5) is 5.32. The number of pyridine rings is 1. The Morgan fingerprint density at radius 2 is 1.96 bits per heavy atom. The third-order valence-corrected chi connectivity index (χ3v) is 4.69. The Morgan fingerprint density at radius 1 is 1.26 bits per heavy atom. The van der Waals surface area contributed by atoms with Gasteiger partial charge in [0.25, 0.3) is 5.82 Å². The summed E-state index contributed by atoms with van der Waals surface area (Å²) >= 11 is 0. The van der Waals surface area contributed by atoms with E-state index in [2.05, 4.69) is 47.1 Å². The van der Waals surface area contributed by atoms with Crippen molar-refractivity contribution < 1.29 is 4.98 Å². The smallest absolute Gasteiger partial charge is 0.289 e. The molecule has 0 spiro atoms. The molecule has 0 amide bonds. The molecule has 0 saturated carbocycles. The summed E-state index contributed by atoms with van der Waals surface area (Å²) in [6.07, 6.45) is 3.15. The number of nitrogens with zero attached hydrogens (tertiary/aromatic N) is 2. The first-order valence-electron chi connectivity index (χ1n) is 8.05. The maximum Gasteiger partial charge on any atom is 0.289 e. The van der Waals surface area contributed by atoms with Crippen molar-refractivity contribution in [1.82, 2.24) is 0 Å². The molecule has 2 aromatic rings. The van der Waals surface area contributed by atoms with Gasteiger partial charge in [-0.15, -0.1) is 0 Å². The summed E-state index contributed by atoms with van der Waals surface area (Å²) in [6.45, 7) is 2.27. The lowest BCUT2D eigenvalue weighted by Crippen LogP contribution is -2.27. The zero-order valence-corrected chi connectivity index (χ0v) is 14.0. The molecule has 118 valence electrons. The van der Waals surface area contributed by atoms with Gasteiger partial charge in [-0.05, 0) is 36.5 Å². The van der Waals surface area contributed by atoms with Crippen molar-refractivity contribution >= 4 is 11.5 Å². The zero-order chi connectivity index (χ0) is 16.6. The molecule has 1 heterocycles. The third-order valence-electron chi connectivity index (χ3n) is 4.69. The molecule has 3 N–H and O–H groups in total. The van der Waals surface area contributed by atoms with Gasteiger partial charge in [-0.3, -0.25) is 5.73 Å². The highest BCUT2D eigenvalue weighted by Gasteiger charge is 2.27. The van der Waals surface area contributed by atoms with Crippen molar-refractivity contribution in [3.05, 3.63) is 41.1 Å². The number of nitrogens with one attached hydrogen (secondary N) is 1. The molecule has 0 aliphatic heterocycles. The summed E-state index contributed by atoms with van der Waals surface area (Å²) in [5, 5.41) is 9.61. The number of hydrogen-bond acceptors (Lipinski definition) is 3. The van der Waals surface area contributed by atoms with Crippen molar-refractivity contribution in [3.8, 4) is 17.2 Å². The van der Waals surface area contributed by atoms with Gasteiger partial charge >= 0.3 is 0 Å². The number of H-pyrrole nitrogens is 1. The van der Waals surface area contributed by atoms with Crippen LogP contribution in [-0.2, 0) is 12.8 Å². The van der Waals surface area contributed by atoms with Gasteiger partial charge in [0.05, 0.1) is 0 Å². The highest BCUT2D eigenvalue weighted by Crippen LogP contribution is 2.36. The van der Waals surface area contributed by atoms with Crippen LogP contribution in [0, 0.1) is 17.2 Å². The predicted molar refractivity (Wildman–Crippen MR) is 93.1 cm³/mol. The molecule has 0 radical (unpaired) electrons. The summed E-state index contributed by atoms with van der Waals surface area (Å²) in [5.74, 6) is 1.11. The second kappa shape index (κ2) is 5.92. The van der Waals surface area contributed by atoms with Crippen LogP contribution >= 0.6 is 0 Å². The molecule has 1 aliphatic rings. The fourth-order valence-corrected chi connectivity index (χ4v) is 3.38. The number of nitriles is 1. The van der Waals surface area contributed by atoms with E-state index in [0.29, 0.717) is 17.3 Å². The summed E-state index contributed by atoms with van der Waals surface area (Å²) in [7, 11) is 4.05. The maximum absolute atomic E-state index is 9.61. The van der Waals surface area contributed by atoms with Gasteiger partial charge < -0.3 is 4.90 Å². The lowest BCUT2D eigenvalue weighted by Gasteiger charge is -2.23. The van der Waals surface area contributed by atoms with Crippen molar-refractivity contribution in [2.45, 2.75) is 26.2 Å². The van der Waals surface area contributed by atoms with Gasteiger partial charge in [-0.2, -0.15) is 5.26 Å². The van der Waals surface area contributed by atoms with Crippen LogP contribution in [0.2, 0.25) is 0 Å². The Morgan fingerprint density at radius 3 is 2.57 bits per heavy atom. The number of aryl methyl sites for hydroxylation is 1. The fourth-order valence-electron chi connectivity index (χ4n) is 3.38. The molecular weight excluding hydrogens is 284 g/mol. The number of nitrogens with two attached hydrogens (primary N) is 1. The van der Waals surface area contributed by atoms with Crippen molar-refractivity contribution in [1.29, 1.82) is 5.26 Å². The topological polar surface area (TPSA) is 67.2 Å². The van der Waals surface area contributed by atoms with E-state index in [1.165, 1.54) is 11.3 Å². The Hall–Kier alpha value is -2.54. The number of aromatic nitrogens is 1. The van der Waals surface area contributed by atoms with Crippen LogP contribution in [0.25, 0.3) is 11.1 Å². The van der Waals surface area contributed by atoms with E-state index in [0.717, 1.165) is 36.1 Å². The minimum atomic E-state index is 0.479. The van der Waals surface area contributed by atoms with E-state index >= 15 is 0 Å². The lowest BCUT2D eigenvalue weighted by atomic mass is 9.82. The van der Waals surface area contributed by atoms with Gasteiger partial charge in [0.2, 0.25) is 0 Å². The first-order valence-corrected chi connectivity index (χ1v) is 8.05. The average Bonchev–Trinajstić information content (AvgIpc) is 2.54. The molecule has 4 heteroatoms. The highest BCUT2D eigenvalue weighted by molar-refractivity contribution is 5.78. The van der Waals surface area contributed by atoms with E-state index < -0.39 is 0 Å². The van der Waals surface area contributed by atoms with Crippen LogP contribution in [0.3, 0.4) is 0 Å². The molecule has 0 unspecified atom stereocenters. The largest absolute Gasteiger partial charge is 0.378 e. The zero-order valence-electron chi connectivity index (χ0n) is 14.0. The molecule has 1 atom stereocenters. The number of hydrogen-bond donors (Lipinski definition) is 1. The van der Waals surface area contributed by atoms with Gasteiger partial charge in [-0.1, -0.05) is 19.1 Å². The molecule has 3 rings (SSSR count). The Kier molecular flexibility index (Phi) is 3.96. The van der Waals surface area contributed by atoms with Gasteiger partial charge in [0.15, 0.2) is 0 Å². The van der Waals surface area contributed by atoms with Gasteiger partial charge in [0.1, 0.15) is 17.3 Å². The van der Waals surface area contributed by atoms with Gasteiger partial charge in [-0.25, -0.2) is 4.98 Å². The van der Waals surface area contributed by atoms with Crippen LogP contribution in [0.1, 0.15) is 30.2 Å². The molecule has 0 fully saturated rings. The molecule has 1 aromatic carbocycles. The Balaban J connectivity index is 2.20. The third kappa shape index (κ3) is 2.75. The predicted octanol–water partition coefficient (Wildman–Crippen LogP) is 2.81. The normalized spacial score (nSPS) is 16.5. The molecule has 1 aromatic heterocycles. The monoisotopic (exact) mass is 307 g/mol. The van der Waals surface area contributed by atoms with Crippen molar-refractivity contribution in [3.63, 3.8) is 0 Å². The minimum Gasteiger partial charge on any atom is -0.378 e. The van der Waals surface area contributed by atoms with Gasteiger partial charge in [0, 0.05) is 37.3 Å². The number of fused-ring (bicyclic) bond motifs is 1. The second-order valence-electron chi connectivity index (χ2n) is 6.65. The number of rotatable bonds is 2. The lowest BCUT2D eigenvalue weighted by molar-refractivity contribution is -0.375. The summed E-state index contributed by atoms with van der Waals surface area (Å²) in [5.41, 5.74) is 12.3. The first kappa shape index (κ1) is 15.4. The van der Waals surface area contributed by atoms with E-state index in [4.69, 9.17) is 5.73 Å². The highest BCUT2D eigenvalue weighted by atomic mass is 15.1. The Bertz CT molecular complexity index is 769. The van der Waals surface area contributed by atoms with E-state index in [-0.39, 0.29) is 0 Å². The van der Waals surface area contributed by atoms with E-state index in [9.17, 15) is 5.26 Å². The van der Waals surface area contributed by atoms with Crippen molar-refractivity contribution in [2.75, 3.05) is 24.7 Å². The van der Waals surface area contributed by atoms with E-state index in [1.807, 2.05) is 14.1 Å². The van der Waals surface area contributed by atoms with Crippen LogP contribution < -0.4 is 15.6 Å². The minimum absolute atomic E-state index is 0.479. The molecular formula is C19H23N4+. The molecule has 23 heavy (non-hydrogen) atoms. The quantitative estimate of drug-likeness (QED) is 0.927. The second-order valence-corrected chi connectivity index (χ2v) is 6.65. The fraction of sp³-hybridized carbons (Fsp3) is 0.368. The van der Waals surface area contributed by atoms with Crippen molar-refractivity contribution in [2.24, 2.45) is 5.92 Å². The van der Waals surface area contributed by atoms with Crippen LogP contribution in [0.5, 0.6) is 0 Å². The number of aromatic amines is 1. The summed E-state index contributed by atoms with van der Waals surface area (Å²) in [6, 6.07) is 10.6. The number of nitrogen functional groups attached to an aromatic ring is 1. The van der Waals surface area contributed by atoms with Crippen LogP contribution in [-0.4, -0.2) is 14.1 Å². The van der Waals surface area contributed by atoms with Crippen LogP contribution in [0.15, 0.2) is 24.3 Å². The summed E-state index contributed by atoms with van der Waals surface area (Å²) < 4.78 is 0. The standard InChI is InChI=1S/C19H22N4/c1-12-4-9-17-15(10-12)18(16(11-20)19(21)22-17)13-5-7-14(8-6-13)23(2)3/h5-8,12H,4,9-10H2,1-3H3,(H2,21,22)/p+1/t12-/m1/s1. The maximum atomic E-state index is 9.61. The first-order chi connectivity index (χ1) is 11.0. The number of anilines is 2. The molecule has 1 aliphatic carbocycles. The molecule has 4 nitrogen and oxygen atoms in total.